The summed E-state index contributed by atoms with van der Waals surface area (Å²) in [6.07, 6.45) is 0.584. The van der Waals surface area contributed by atoms with Crippen LogP contribution in [0.2, 0.25) is 0 Å². The fourth-order valence-corrected chi connectivity index (χ4v) is 3.76. The Morgan fingerprint density at radius 1 is 1.33 bits per heavy atom. The molecule has 0 amide bonds. The van der Waals surface area contributed by atoms with Crippen LogP contribution >= 0.6 is 11.3 Å². The zero-order valence-corrected chi connectivity index (χ0v) is 13.5. The quantitative estimate of drug-likeness (QED) is 0.822. The molecule has 4 nitrogen and oxygen atoms in total. The van der Waals surface area contributed by atoms with E-state index in [0.717, 1.165) is 5.56 Å². The standard InChI is InChI=1S/C15H19NO3S2/c1-2-15(17)13-4-3-5-14(10-13)21(18,19)16-8-6-12-7-9-20-11-12/h3-5,7,9-11,15-17H,2,6,8H2,1H3. The van der Waals surface area contributed by atoms with Crippen molar-refractivity contribution in [1.82, 2.24) is 4.72 Å². The first kappa shape index (κ1) is 16.2. The van der Waals surface area contributed by atoms with E-state index >= 15 is 0 Å². The number of nitrogens with one attached hydrogen (secondary N) is 1. The molecule has 1 unspecified atom stereocenters. The van der Waals surface area contributed by atoms with Crippen molar-refractivity contribution in [2.75, 3.05) is 6.54 Å². The number of rotatable bonds is 7. The smallest absolute Gasteiger partial charge is 0.240 e. The molecule has 1 aromatic heterocycles. The van der Waals surface area contributed by atoms with Gasteiger partial charge in [-0.3, -0.25) is 0 Å². The Kier molecular flexibility index (Phi) is 5.52. The lowest BCUT2D eigenvalue weighted by Gasteiger charge is -2.11. The topological polar surface area (TPSA) is 66.4 Å². The zero-order chi connectivity index (χ0) is 15.3. The lowest BCUT2D eigenvalue weighted by molar-refractivity contribution is 0.173. The van der Waals surface area contributed by atoms with Gasteiger partial charge in [-0.25, -0.2) is 13.1 Å². The summed E-state index contributed by atoms with van der Waals surface area (Å²) < 4.78 is 27.1. The second-order valence-corrected chi connectivity index (χ2v) is 7.32. The summed E-state index contributed by atoms with van der Waals surface area (Å²) in [6, 6.07) is 8.44. The van der Waals surface area contributed by atoms with E-state index in [-0.39, 0.29) is 4.90 Å². The zero-order valence-electron chi connectivity index (χ0n) is 11.8. The lowest BCUT2D eigenvalue weighted by Crippen LogP contribution is -2.26. The molecule has 2 N–H and O–H groups in total. The Labute approximate surface area is 129 Å². The minimum absolute atomic E-state index is 0.192. The van der Waals surface area contributed by atoms with Crippen LogP contribution in [-0.4, -0.2) is 20.1 Å². The molecule has 21 heavy (non-hydrogen) atoms. The summed E-state index contributed by atoms with van der Waals surface area (Å²) >= 11 is 1.60. The molecule has 0 aliphatic rings. The van der Waals surface area contributed by atoms with E-state index in [1.165, 1.54) is 6.07 Å². The highest BCUT2D eigenvalue weighted by Gasteiger charge is 2.15. The molecule has 6 heteroatoms. The van der Waals surface area contributed by atoms with Crippen LogP contribution in [0, 0.1) is 0 Å². The Morgan fingerprint density at radius 2 is 2.14 bits per heavy atom. The van der Waals surface area contributed by atoms with Gasteiger partial charge in [-0.05, 0) is 52.9 Å². The maximum atomic E-state index is 12.2. The first-order valence-electron chi connectivity index (χ1n) is 6.81. The summed E-state index contributed by atoms with van der Waals surface area (Å²) in [5, 5.41) is 13.8. The Hall–Kier alpha value is -1.21. The van der Waals surface area contributed by atoms with E-state index in [2.05, 4.69) is 4.72 Å². The first-order chi connectivity index (χ1) is 10.0. The number of aliphatic hydroxyl groups excluding tert-OH is 1. The van der Waals surface area contributed by atoms with E-state index in [0.29, 0.717) is 24.9 Å². The van der Waals surface area contributed by atoms with Crippen LogP contribution in [0.1, 0.15) is 30.6 Å². The lowest BCUT2D eigenvalue weighted by atomic mass is 10.1. The molecule has 0 spiro atoms. The van der Waals surface area contributed by atoms with Gasteiger partial charge in [0.25, 0.3) is 0 Å². The molecule has 2 aromatic rings. The number of hydrogen-bond donors (Lipinski definition) is 2. The molecule has 0 bridgehead atoms. The van der Waals surface area contributed by atoms with E-state index in [4.69, 9.17) is 0 Å². The number of sulfonamides is 1. The van der Waals surface area contributed by atoms with Gasteiger partial charge in [0.15, 0.2) is 0 Å². The third-order valence-corrected chi connectivity index (χ3v) is 5.42. The molecule has 2 rings (SSSR count). The molecular weight excluding hydrogens is 306 g/mol. The predicted octanol–water partition coefficient (Wildman–Crippen LogP) is 2.71. The number of benzene rings is 1. The minimum atomic E-state index is -3.54. The Morgan fingerprint density at radius 3 is 2.81 bits per heavy atom. The van der Waals surface area contributed by atoms with Crippen molar-refractivity contribution in [2.24, 2.45) is 0 Å². The fraction of sp³-hybridized carbons (Fsp3) is 0.333. The highest BCUT2D eigenvalue weighted by molar-refractivity contribution is 7.89. The monoisotopic (exact) mass is 325 g/mol. The molecular formula is C15H19NO3S2. The fourth-order valence-electron chi connectivity index (χ4n) is 1.97. The van der Waals surface area contributed by atoms with Gasteiger partial charge >= 0.3 is 0 Å². The molecule has 0 aliphatic carbocycles. The molecule has 1 heterocycles. The highest BCUT2D eigenvalue weighted by Crippen LogP contribution is 2.19. The van der Waals surface area contributed by atoms with Crippen LogP contribution in [0.25, 0.3) is 0 Å². The van der Waals surface area contributed by atoms with Gasteiger partial charge in [-0.2, -0.15) is 11.3 Å². The molecule has 0 aliphatic heterocycles. The van der Waals surface area contributed by atoms with Gasteiger partial charge in [0.1, 0.15) is 0 Å². The molecule has 114 valence electrons. The highest BCUT2D eigenvalue weighted by atomic mass is 32.2. The Bertz CT molecular complexity index is 666. The second-order valence-electron chi connectivity index (χ2n) is 4.78. The van der Waals surface area contributed by atoms with Crippen molar-refractivity contribution in [3.05, 3.63) is 52.2 Å². The van der Waals surface area contributed by atoms with Gasteiger partial charge in [-0.15, -0.1) is 0 Å². The third-order valence-electron chi connectivity index (χ3n) is 3.23. The molecule has 0 saturated heterocycles. The van der Waals surface area contributed by atoms with E-state index in [1.807, 2.05) is 23.8 Å². The van der Waals surface area contributed by atoms with E-state index in [9.17, 15) is 13.5 Å². The number of thiophene rings is 1. The normalized spacial score (nSPS) is 13.2. The summed E-state index contributed by atoms with van der Waals surface area (Å²) in [6.45, 7) is 2.21. The predicted molar refractivity (Wildman–Crippen MR) is 84.9 cm³/mol. The van der Waals surface area contributed by atoms with E-state index in [1.54, 1.807) is 29.5 Å². The molecule has 0 radical (unpaired) electrons. The van der Waals surface area contributed by atoms with E-state index < -0.39 is 16.1 Å². The molecule has 1 atom stereocenters. The number of hydrogen-bond acceptors (Lipinski definition) is 4. The Balaban J connectivity index is 2.05. The summed E-state index contributed by atoms with van der Waals surface area (Å²) in [5.74, 6) is 0. The molecule has 0 saturated carbocycles. The van der Waals surface area contributed by atoms with Gasteiger partial charge in [0, 0.05) is 6.54 Å². The van der Waals surface area contributed by atoms with Gasteiger partial charge < -0.3 is 5.11 Å². The number of aliphatic hydroxyl groups is 1. The maximum absolute atomic E-state index is 12.2. The van der Waals surface area contributed by atoms with Gasteiger partial charge in [0.2, 0.25) is 10.0 Å². The maximum Gasteiger partial charge on any atom is 0.240 e. The van der Waals surface area contributed by atoms with Crippen molar-refractivity contribution in [1.29, 1.82) is 0 Å². The summed E-state index contributed by atoms with van der Waals surface area (Å²) in [4.78, 5) is 0.192. The van der Waals surface area contributed by atoms with Crippen LogP contribution in [0.4, 0.5) is 0 Å². The van der Waals surface area contributed by atoms with Crippen LogP contribution in [-0.2, 0) is 16.4 Å². The largest absolute Gasteiger partial charge is 0.388 e. The van der Waals surface area contributed by atoms with Crippen molar-refractivity contribution in [2.45, 2.75) is 30.8 Å². The van der Waals surface area contributed by atoms with Crippen LogP contribution in [0.15, 0.2) is 46.0 Å². The van der Waals surface area contributed by atoms with Crippen molar-refractivity contribution >= 4 is 21.4 Å². The van der Waals surface area contributed by atoms with Crippen LogP contribution in [0.5, 0.6) is 0 Å². The van der Waals surface area contributed by atoms with Crippen molar-refractivity contribution in [3.8, 4) is 0 Å². The van der Waals surface area contributed by atoms with Crippen LogP contribution in [0.3, 0.4) is 0 Å². The minimum Gasteiger partial charge on any atom is -0.388 e. The molecule has 0 fully saturated rings. The van der Waals surface area contributed by atoms with Crippen molar-refractivity contribution in [3.63, 3.8) is 0 Å². The molecule has 1 aromatic carbocycles. The summed E-state index contributed by atoms with van der Waals surface area (Å²) in [7, 11) is -3.54. The SMILES string of the molecule is CCC(O)c1cccc(S(=O)(=O)NCCc2ccsc2)c1. The van der Waals surface area contributed by atoms with Gasteiger partial charge in [-0.1, -0.05) is 19.1 Å². The summed E-state index contributed by atoms with van der Waals surface area (Å²) in [5.41, 5.74) is 1.75. The average molecular weight is 325 g/mol. The van der Waals surface area contributed by atoms with Gasteiger partial charge in [0.05, 0.1) is 11.0 Å². The second kappa shape index (κ2) is 7.17. The first-order valence-corrected chi connectivity index (χ1v) is 9.24. The average Bonchev–Trinajstić information content (AvgIpc) is 2.99. The van der Waals surface area contributed by atoms with Crippen molar-refractivity contribution < 1.29 is 13.5 Å². The third kappa shape index (κ3) is 4.38. The van der Waals surface area contributed by atoms with Crippen LogP contribution < -0.4 is 4.72 Å².